The maximum absolute atomic E-state index is 11.8. The third kappa shape index (κ3) is 4.41. The molecule has 10 heteroatoms. The van der Waals surface area contributed by atoms with Crippen LogP contribution in [-0.4, -0.2) is 71.9 Å². The van der Waals surface area contributed by atoms with E-state index in [0.29, 0.717) is 5.75 Å². The summed E-state index contributed by atoms with van der Waals surface area (Å²) < 4.78 is 1.02. The molecule has 0 aliphatic rings. The Kier molecular flexibility index (Phi) is 7.26. The highest BCUT2D eigenvalue weighted by Crippen LogP contribution is 2.27. The van der Waals surface area contributed by atoms with E-state index in [-0.39, 0.29) is 0 Å². The standard InChI is InChI=1S/C12H20N2O7S/c1-2-22-11(14-4-3-7(17)13-12(14)21)10(20)9(19)8(18)6(16)5-15/h3-4,6,8-11,15-16,18-20H,2,5H2,1H3,(H,13,17,21). The Morgan fingerprint density at radius 1 is 1.18 bits per heavy atom. The number of H-pyrrole nitrogens is 1. The molecule has 0 aliphatic heterocycles. The van der Waals surface area contributed by atoms with Gasteiger partial charge in [-0.05, 0) is 5.75 Å². The quantitative estimate of drug-likeness (QED) is 0.298. The van der Waals surface area contributed by atoms with Crippen LogP contribution in [0.15, 0.2) is 21.9 Å². The molecule has 0 aliphatic carbocycles. The average Bonchev–Trinajstić information content (AvgIpc) is 2.50. The zero-order valence-corrected chi connectivity index (χ0v) is 12.7. The first-order valence-corrected chi connectivity index (χ1v) is 7.64. The van der Waals surface area contributed by atoms with E-state index in [0.717, 1.165) is 22.4 Å². The highest BCUT2D eigenvalue weighted by Gasteiger charge is 2.36. The average molecular weight is 336 g/mol. The van der Waals surface area contributed by atoms with E-state index in [1.807, 2.05) is 4.98 Å². The van der Waals surface area contributed by atoms with E-state index in [9.17, 15) is 30.0 Å². The van der Waals surface area contributed by atoms with Crippen molar-refractivity contribution in [2.75, 3.05) is 12.4 Å². The number of aliphatic hydroxyl groups is 5. The van der Waals surface area contributed by atoms with Crippen LogP contribution in [0.3, 0.4) is 0 Å². The van der Waals surface area contributed by atoms with Crippen molar-refractivity contribution in [2.45, 2.75) is 36.7 Å². The number of hydrogen-bond donors (Lipinski definition) is 6. The first-order chi connectivity index (χ1) is 10.3. The maximum Gasteiger partial charge on any atom is 0.329 e. The van der Waals surface area contributed by atoms with Gasteiger partial charge in [0.05, 0.1) is 6.61 Å². The number of aromatic nitrogens is 2. The van der Waals surface area contributed by atoms with Gasteiger partial charge in [0.1, 0.15) is 29.8 Å². The van der Waals surface area contributed by atoms with E-state index in [1.54, 1.807) is 6.92 Å². The van der Waals surface area contributed by atoms with Crippen LogP contribution in [0, 0.1) is 0 Å². The maximum atomic E-state index is 11.8. The van der Waals surface area contributed by atoms with Crippen molar-refractivity contribution in [3.05, 3.63) is 33.1 Å². The van der Waals surface area contributed by atoms with Crippen molar-refractivity contribution in [1.82, 2.24) is 9.55 Å². The molecule has 0 spiro atoms. The molecule has 1 aromatic rings. The normalized spacial score (nSPS) is 18.5. The Morgan fingerprint density at radius 2 is 1.82 bits per heavy atom. The summed E-state index contributed by atoms with van der Waals surface area (Å²) >= 11 is 1.10. The smallest absolute Gasteiger partial charge is 0.329 e. The molecule has 1 rings (SSSR count). The molecule has 126 valence electrons. The van der Waals surface area contributed by atoms with Gasteiger partial charge in [-0.25, -0.2) is 4.79 Å². The van der Waals surface area contributed by atoms with Crippen molar-refractivity contribution in [2.24, 2.45) is 0 Å². The van der Waals surface area contributed by atoms with Crippen LogP contribution < -0.4 is 11.2 Å². The van der Waals surface area contributed by atoms with Gasteiger partial charge in [0.2, 0.25) is 0 Å². The minimum atomic E-state index is -1.80. The summed E-state index contributed by atoms with van der Waals surface area (Å²) in [6, 6.07) is 1.09. The topological polar surface area (TPSA) is 156 Å². The van der Waals surface area contributed by atoms with Crippen LogP contribution >= 0.6 is 11.8 Å². The van der Waals surface area contributed by atoms with Gasteiger partial charge in [0, 0.05) is 12.3 Å². The van der Waals surface area contributed by atoms with Crippen molar-refractivity contribution in [3.63, 3.8) is 0 Å². The minimum Gasteiger partial charge on any atom is -0.394 e. The molecule has 1 heterocycles. The van der Waals surface area contributed by atoms with Gasteiger partial charge in [-0.3, -0.25) is 14.3 Å². The number of rotatable bonds is 8. The largest absolute Gasteiger partial charge is 0.394 e. The first-order valence-electron chi connectivity index (χ1n) is 6.59. The molecule has 0 amide bonds. The highest BCUT2D eigenvalue weighted by molar-refractivity contribution is 7.99. The van der Waals surface area contributed by atoms with E-state index >= 15 is 0 Å². The van der Waals surface area contributed by atoms with Gasteiger partial charge in [-0.15, -0.1) is 11.8 Å². The van der Waals surface area contributed by atoms with Gasteiger partial charge in [0.15, 0.2) is 0 Å². The Morgan fingerprint density at radius 3 is 2.32 bits per heavy atom. The number of thioether (sulfide) groups is 1. The molecule has 1 aromatic heterocycles. The van der Waals surface area contributed by atoms with Crippen LogP contribution in [0.4, 0.5) is 0 Å². The second-order valence-corrected chi connectivity index (χ2v) is 5.98. The third-order valence-corrected chi connectivity index (χ3v) is 4.22. The molecule has 0 saturated heterocycles. The lowest BCUT2D eigenvalue weighted by molar-refractivity contribution is -0.118. The van der Waals surface area contributed by atoms with Gasteiger partial charge < -0.3 is 25.5 Å². The fraction of sp³-hybridized carbons (Fsp3) is 0.667. The summed E-state index contributed by atoms with van der Waals surface area (Å²) in [6.45, 7) is 0.960. The number of aromatic amines is 1. The molecular formula is C12H20N2O7S. The van der Waals surface area contributed by atoms with Crippen LogP contribution in [0.2, 0.25) is 0 Å². The SMILES string of the molecule is CCSC(C(O)C(O)C(O)C(O)CO)n1ccc(=O)[nH]c1=O. The lowest BCUT2D eigenvalue weighted by Gasteiger charge is -2.31. The molecule has 0 saturated carbocycles. The summed E-state index contributed by atoms with van der Waals surface area (Å²) in [7, 11) is 0. The first kappa shape index (κ1) is 18.9. The van der Waals surface area contributed by atoms with Crippen LogP contribution in [0.5, 0.6) is 0 Å². The summed E-state index contributed by atoms with van der Waals surface area (Å²) in [5, 5.41) is 46.9. The molecule has 0 fully saturated rings. The summed E-state index contributed by atoms with van der Waals surface area (Å²) in [6.07, 6.45) is -5.68. The molecule has 22 heavy (non-hydrogen) atoms. The fourth-order valence-electron chi connectivity index (χ4n) is 1.85. The Labute approximate surface area is 129 Å². The van der Waals surface area contributed by atoms with Crippen LogP contribution in [0.25, 0.3) is 0 Å². The predicted octanol–water partition coefficient (Wildman–Crippen LogP) is -2.78. The van der Waals surface area contributed by atoms with Crippen molar-refractivity contribution in [3.8, 4) is 0 Å². The lowest BCUT2D eigenvalue weighted by Crippen LogP contribution is -2.49. The Hall–Kier alpha value is -1.17. The fourth-order valence-corrected chi connectivity index (χ4v) is 2.87. The molecule has 0 aromatic carbocycles. The lowest BCUT2D eigenvalue weighted by atomic mass is 10.0. The highest BCUT2D eigenvalue weighted by atomic mass is 32.2. The molecule has 6 N–H and O–H groups in total. The van der Waals surface area contributed by atoms with Crippen LogP contribution in [-0.2, 0) is 0 Å². The minimum absolute atomic E-state index is 0.471. The number of nitrogens with one attached hydrogen (secondary N) is 1. The van der Waals surface area contributed by atoms with Gasteiger partial charge in [0.25, 0.3) is 5.56 Å². The Bertz CT molecular complexity index is 575. The summed E-state index contributed by atoms with van der Waals surface area (Å²) in [4.78, 5) is 24.9. The van der Waals surface area contributed by atoms with Crippen molar-refractivity contribution in [1.29, 1.82) is 0 Å². The van der Waals surface area contributed by atoms with E-state index in [4.69, 9.17) is 5.11 Å². The molecule has 5 unspecified atom stereocenters. The second-order valence-electron chi connectivity index (χ2n) is 4.59. The summed E-state index contributed by atoms with van der Waals surface area (Å²) in [5.74, 6) is 0.471. The van der Waals surface area contributed by atoms with E-state index in [2.05, 4.69) is 0 Å². The Balaban J connectivity index is 3.08. The van der Waals surface area contributed by atoms with Gasteiger partial charge in [-0.1, -0.05) is 6.92 Å². The molecule has 9 nitrogen and oxygen atoms in total. The zero-order chi connectivity index (χ0) is 16.9. The number of aliphatic hydroxyl groups excluding tert-OH is 5. The van der Waals surface area contributed by atoms with E-state index in [1.165, 1.54) is 6.20 Å². The summed E-state index contributed by atoms with van der Waals surface area (Å²) in [5.41, 5.74) is -1.38. The van der Waals surface area contributed by atoms with Crippen LogP contribution in [0.1, 0.15) is 12.3 Å². The predicted molar refractivity (Wildman–Crippen MR) is 79.6 cm³/mol. The van der Waals surface area contributed by atoms with E-state index < -0.39 is 47.6 Å². The molecular weight excluding hydrogens is 316 g/mol. The molecule has 0 bridgehead atoms. The van der Waals surface area contributed by atoms with Crippen molar-refractivity contribution < 1.29 is 25.5 Å². The second kappa shape index (κ2) is 8.46. The third-order valence-electron chi connectivity index (χ3n) is 3.04. The van der Waals surface area contributed by atoms with Gasteiger partial charge >= 0.3 is 5.69 Å². The monoisotopic (exact) mass is 336 g/mol. The zero-order valence-electron chi connectivity index (χ0n) is 11.9. The molecule has 5 atom stereocenters. The number of nitrogens with zero attached hydrogens (tertiary/aromatic N) is 1. The molecule has 0 radical (unpaired) electrons. The van der Waals surface area contributed by atoms with Crippen molar-refractivity contribution >= 4 is 11.8 Å². The van der Waals surface area contributed by atoms with Gasteiger partial charge in [-0.2, -0.15) is 0 Å². The number of hydrogen-bond acceptors (Lipinski definition) is 8.